The summed E-state index contributed by atoms with van der Waals surface area (Å²) in [5, 5.41) is 2.30. The lowest BCUT2D eigenvalue weighted by Crippen LogP contribution is -2.19. The summed E-state index contributed by atoms with van der Waals surface area (Å²) in [5.74, 6) is -12.7. The number of halogens is 6. The van der Waals surface area contributed by atoms with Crippen LogP contribution in [0.5, 0.6) is 0 Å². The van der Waals surface area contributed by atoms with Crippen molar-refractivity contribution < 1.29 is 31.2 Å². The summed E-state index contributed by atoms with van der Waals surface area (Å²) in [6.07, 6.45) is 0.790. The van der Waals surface area contributed by atoms with E-state index >= 15 is 0 Å². The number of amides is 1. The van der Waals surface area contributed by atoms with Crippen molar-refractivity contribution in [3.05, 3.63) is 81.6 Å². The van der Waals surface area contributed by atoms with E-state index in [4.69, 9.17) is 16.0 Å². The number of aryl methyl sites for hydroxylation is 1. The van der Waals surface area contributed by atoms with E-state index in [1.54, 1.807) is 6.07 Å². The van der Waals surface area contributed by atoms with E-state index in [0.717, 1.165) is 12.0 Å². The topological polar surface area (TPSA) is 55.1 Å². The Kier molecular flexibility index (Phi) is 5.60. The molecular weight excluding hydrogens is 455 g/mol. The van der Waals surface area contributed by atoms with Crippen LogP contribution in [0, 0.1) is 29.1 Å². The predicted octanol–water partition coefficient (Wildman–Crippen LogP) is 6.66. The number of carbonyl (C=O) groups is 1. The number of anilines is 1. The highest BCUT2D eigenvalue weighted by Crippen LogP contribution is 2.33. The SMILES string of the molecule is CCc1ccc2oc(-c3cc(NC(=O)c4c(F)c(F)c(F)c(F)c4F)ccc3Cl)nc2c1. The fourth-order valence-electron chi connectivity index (χ4n) is 3.07. The highest BCUT2D eigenvalue weighted by molar-refractivity contribution is 6.33. The van der Waals surface area contributed by atoms with Gasteiger partial charge >= 0.3 is 0 Å². The minimum Gasteiger partial charge on any atom is -0.436 e. The standard InChI is InChI=1S/C22H12ClF5N2O2/c1-2-9-3-6-14-13(7-9)30-22(32-14)11-8-10(4-5-12(11)23)29-21(31)15-16(24)18(26)20(28)19(27)17(15)25/h3-8H,2H2,1H3,(H,29,31). The largest absolute Gasteiger partial charge is 0.436 e. The highest BCUT2D eigenvalue weighted by atomic mass is 35.5. The quantitative estimate of drug-likeness (QED) is 0.208. The van der Waals surface area contributed by atoms with Gasteiger partial charge in [0.2, 0.25) is 11.7 Å². The van der Waals surface area contributed by atoms with Gasteiger partial charge in [-0.25, -0.2) is 26.9 Å². The molecule has 1 amide bonds. The molecule has 1 N–H and O–H groups in total. The summed E-state index contributed by atoms with van der Waals surface area (Å²) in [6, 6.07) is 9.40. The molecule has 4 nitrogen and oxygen atoms in total. The normalized spacial score (nSPS) is 11.2. The summed E-state index contributed by atoms with van der Waals surface area (Å²) in [7, 11) is 0. The fourth-order valence-corrected chi connectivity index (χ4v) is 3.27. The molecule has 1 heterocycles. The van der Waals surface area contributed by atoms with Gasteiger partial charge in [0.05, 0.1) is 10.6 Å². The van der Waals surface area contributed by atoms with E-state index in [1.807, 2.05) is 19.1 Å². The highest BCUT2D eigenvalue weighted by Gasteiger charge is 2.30. The maximum absolute atomic E-state index is 13.9. The van der Waals surface area contributed by atoms with Gasteiger partial charge in [0.25, 0.3) is 5.91 Å². The van der Waals surface area contributed by atoms with Crippen LogP contribution in [0.2, 0.25) is 5.02 Å². The number of nitrogens with one attached hydrogen (secondary N) is 1. The Morgan fingerprint density at radius 3 is 2.28 bits per heavy atom. The fraction of sp³-hybridized carbons (Fsp3) is 0.0909. The van der Waals surface area contributed by atoms with Crippen LogP contribution in [-0.4, -0.2) is 10.9 Å². The number of nitrogens with zero attached hydrogens (tertiary/aromatic N) is 1. The first-order valence-corrected chi connectivity index (χ1v) is 9.61. The maximum atomic E-state index is 13.9. The molecule has 0 radical (unpaired) electrons. The first-order valence-electron chi connectivity index (χ1n) is 9.23. The van der Waals surface area contributed by atoms with Crippen LogP contribution in [-0.2, 0) is 6.42 Å². The Hall–Kier alpha value is -3.46. The number of fused-ring (bicyclic) bond motifs is 1. The molecule has 0 fully saturated rings. The van der Waals surface area contributed by atoms with Gasteiger partial charge in [-0.3, -0.25) is 4.79 Å². The average molecular weight is 467 g/mol. The molecular formula is C22H12ClF5N2O2. The van der Waals surface area contributed by atoms with E-state index in [0.29, 0.717) is 11.1 Å². The molecule has 0 saturated heterocycles. The molecule has 10 heteroatoms. The van der Waals surface area contributed by atoms with Crippen LogP contribution in [0.3, 0.4) is 0 Å². The number of benzene rings is 3. The number of hydrogen-bond donors (Lipinski definition) is 1. The summed E-state index contributed by atoms with van der Waals surface area (Å²) >= 11 is 6.21. The molecule has 4 rings (SSSR count). The van der Waals surface area contributed by atoms with Crippen LogP contribution >= 0.6 is 11.6 Å². The summed E-state index contributed by atoms with van der Waals surface area (Å²) < 4.78 is 73.6. The van der Waals surface area contributed by atoms with E-state index in [9.17, 15) is 26.7 Å². The summed E-state index contributed by atoms with van der Waals surface area (Å²) in [6.45, 7) is 1.98. The molecule has 164 valence electrons. The molecule has 1 aromatic heterocycles. The van der Waals surface area contributed by atoms with Crippen LogP contribution in [0.1, 0.15) is 22.8 Å². The molecule has 0 saturated carbocycles. The van der Waals surface area contributed by atoms with Crippen molar-refractivity contribution in [1.29, 1.82) is 0 Å². The van der Waals surface area contributed by atoms with Gasteiger partial charge in [-0.1, -0.05) is 24.6 Å². The summed E-state index contributed by atoms with van der Waals surface area (Å²) in [4.78, 5) is 16.7. The third-order valence-corrected chi connectivity index (χ3v) is 5.08. The second-order valence-corrected chi connectivity index (χ2v) is 7.18. The van der Waals surface area contributed by atoms with E-state index in [-0.39, 0.29) is 22.2 Å². The molecule has 0 unspecified atom stereocenters. The number of aromatic nitrogens is 1. The van der Waals surface area contributed by atoms with Gasteiger partial charge in [-0.05, 0) is 42.3 Å². The molecule has 3 aromatic carbocycles. The van der Waals surface area contributed by atoms with Crippen molar-refractivity contribution in [2.45, 2.75) is 13.3 Å². The van der Waals surface area contributed by atoms with Crippen molar-refractivity contribution in [2.75, 3.05) is 5.32 Å². The Morgan fingerprint density at radius 1 is 0.969 bits per heavy atom. The smallest absolute Gasteiger partial charge is 0.261 e. The van der Waals surface area contributed by atoms with Gasteiger partial charge in [-0.15, -0.1) is 0 Å². The van der Waals surface area contributed by atoms with Crippen LogP contribution in [0.25, 0.3) is 22.6 Å². The number of rotatable bonds is 4. The zero-order chi connectivity index (χ0) is 23.2. The van der Waals surface area contributed by atoms with Gasteiger partial charge in [-0.2, -0.15) is 0 Å². The van der Waals surface area contributed by atoms with Crippen molar-refractivity contribution >= 4 is 34.3 Å². The Morgan fingerprint density at radius 2 is 1.62 bits per heavy atom. The van der Waals surface area contributed by atoms with Crippen molar-refractivity contribution in [1.82, 2.24) is 4.98 Å². The zero-order valence-electron chi connectivity index (χ0n) is 16.2. The zero-order valence-corrected chi connectivity index (χ0v) is 17.0. The molecule has 32 heavy (non-hydrogen) atoms. The third kappa shape index (κ3) is 3.69. The molecule has 4 aromatic rings. The average Bonchev–Trinajstić information content (AvgIpc) is 3.20. The first-order chi connectivity index (χ1) is 15.2. The van der Waals surface area contributed by atoms with E-state index in [1.165, 1.54) is 18.2 Å². The Labute approximate surface area is 182 Å². The molecule has 0 atom stereocenters. The number of carbonyl (C=O) groups excluding carboxylic acids is 1. The third-order valence-electron chi connectivity index (χ3n) is 4.75. The Bertz CT molecular complexity index is 1360. The van der Waals surface area contributed by atoms with Gasteiger partial charge in [0.15, 0.2) is 28.9 Å². The molecule has 0 aliphatic rings. The summed E-state index contributed by atoms with van der Waals surface area (Å²) in [5.41, 5.74) is 0.709. The van der Waals surface area contributed by atoms with Gasteiger partial charge < -0.3 is 9.73 Å². The van der Waals surface area contributed by atoms with Crippen LogP contribution < -0.4 is 5.32 Å². The van der Waals surface area contributed by atoms with Crippen LogP contribution in [0.15, 0.2) is 40.8 Å². The van der Waals surface area contributed by atoms with Crippen molar-refractivity contribution in [3.63, 3.8) is 0 Å². The number of oxazole rings is 1. The lowest BCUT2D eigenvalue weighted by atomic mass is 10.1. The van der Waals surface area contributed by atoms with Gasteiger partial charge in [0, 0.05) is 5.69 Å². The molecule has 0 aliphatic heterocycles. The monoisotopic (exact) mass is 466 g/mol. The minimum absolute atomic E-state index is 0.0326. The molecule has 0 aliphatic carbocycles. The second kappa shape index (κ2) is 8.23. The van der Waals surface area contributed by atoms with Crippen LogP contribution in [0.4, 0.5) is 27.6 Å². The predicted molar refractivity (Wildman–Crippen MR) is 108 cm³/mol. The first kappa shape index (κ1) is 21.8. The van der Waals surface area contributed by atoms with Crippen molar-refractivity contribution in [3.8, 4) is 11.5 Å². The Balaban J connectivity index is 1.71. The number of hydrogen-bond acceptors (Lipinski definition) is 3. The second-order valence-electron chi connectivity index (χ2n) is 6.77. The van der Waals surface area contributed by atoms with Crippen molar-refractivity contribution in [2.24, 2.45) is 0 Å². The molecule has 0 spiro atoms. The minimum atomic E-state index is -2.35. The van der Waals surface area contributed by atoms with Gasteiger partial charge in [0.1, 0.15) is 11.1 Å². The lowest BCUT2D eigenvalue weighted by molar-refractivity contribution is 0.101. The maximum Gasteiger partial charge on any atom is 0.261 e. The van der Waals surface area contributed by atoms with E-state index < -0.39 is 40.6 Å². The van der Waals surface area contributed by atoms with E-state index in [2.05, 4.69) is 10.3 Å². The lowest BCUT2D eigenvalue weighted by Gasteiger charge is -2.10. The molecule has 0 bridgehead atoms.